The second kappa shape index (κ2) is 5.77. The van der Waals surface area contributed by atoms with Crippen molar-refractivity contribution in [1.82, 2.24) is 4.72 Å². The van der Waals surface area contributed by atoms with Gasteiger partial charge in [0.05, 0.1) is 11.5 Å². The van der Waals surface area contributed by atoms with Gasteiger partial charge in [-0.15, -0.1) is 0 Å². The summed E-state index contributed by atoms with van der Waals surface area (Å²) in [4.78, 5) is -0.0770. The Kier molecular flexibility index (Phi) is 4.63. The summed E-state index contributed by atoms with van der Waals surface area (Å²) in [5, 5.41) is 8.57. The Bertz CT molecular complexity index is 558. The van der Waals surface area contributed by atoms with Crippen LogP contribution in [0.3, 0.4) is 0 Å². The quantitative estimate of drug-likeness (QED) is 0.773. The molecule has 0 amide bonds. The lowest BCUT2D eigenvalue weighted by molar-refractivity contribution is 0.305. The van der Waals surface area contributed by atoms with Crippen molar-refractivity contribution in [2.45, 2.75) is 11.3 Å². The van der Waals surface area contributed by atoms with E-state index in [-0.39, 0.29) is 23.5 Å². The van der Waals surface area contributed by atoms with Gasteiger partial charge in [0.25, 0.3) is 0 Å². The molecule has 0 heterocycles. The van der Waals surface area contributed by atoms with Crippen molar-refractivity contribution < 1.29 is 17.9 Å². The molecule has 0 saturated heterocycles. The standard InChI is InChI=1S/C11H12FNO3S/c1-13-17(15,16)11-6-5-10(12)8-9(11)4-2-3-7-14/h5-6,8,13-14H,3,7H2,1H3. The number of rotatable bonds is 3. The summed E-state index contributed by atoms with van der Waals surface area (Å²) in [5.74, 6) is 4.52. The second-order valence-electron chi connectivity index (χ2n) is 3.12. The first-order valence-electron chi connectivity index (χ1n) is 4.84. The molecule has 0 aromatic heterocycles. The summed E-state index contributed by atoms with van der Waals surface area (Å²) < 4.78 is 38.4. The van der Waals surface area contributed by atoms with Crippen LogP contribution in [0.5, 0.6) is 0 Å². The molecule has 1 aromatic carbocycles. The van der Waals surface area contributed by atoms with Crippen LogP contribution in [0.4, 0.5) is 4.39 Å². The van der Waals surface area contributed by atoms with Crippen molar-refractivity contribution in [3.63, 3.8) is 0 Å². The van der Waals surface area contributed by atoms with E-state index >= 15 is 0 Å². The molecule has 17 heavy (non-hydrogen) atoms. The summed E-state index contributed by atoms with van der Waals surface area (Å²) in [6.45, 7) is -0.129. The van der Waals surface area contributed by atoms with Crippen molar-refractivity contribution in [3.8, 4) is 11.8 Å². The first-order valence-corrected chi connectivity index (χ1v) is 6.32. The molecule has 0 aliphatic carbocycles. The van der Waals surface area contributed by atoms with Gasteiger partial charge in [-0.05, 0) is 25.2 Å². The van der Waals surface area contributed by atoms with Crippen molar-refractivity contribution >= 4 is 10.0 Å². The van der Waals surface area contributed by atoms with Crippen molar-refractivity contribution in [1.29, 1.82) is 0 Å². The van der Waals surface area contributed by atoms with E-state index in [2.05, 4.69) is 16.6 Å². The molecule has 2 N–H and O–H groups in total. The average molecular weight is 257 g/mol. The Hall–Kier alpha value is -1.42. The molecule has 1 aromatic rings. The Morgan fingerprint density at radius 2 is 2.18 bits per heavy atom. The molecule has 1 rings (SSSR count). The maximum atomic E-state index is 13.0. The van der Waals surface area contributed by atoms with Gasteiger partial charge >= 0.3 is 0 Å². The highest BCUT2D eigenvalue weighted by Crippen LogP contribution is 2.15. The molecule has 4 nitrogen and oxygen atoms in total. The van der Waals surface area contributed by atoms with E-state index in [0.717, 1.165) is 18.2 Å². The highest BCUT2D eigenvalue weighted by atomic mass is 32.2. The van der Waals surface area contributed by atoms with Gasteiger partial charge in [-0.25, -0.2) is 17.5 Å². The van der Waals surface area contributed by atoms with Crippen LogP contribution in [0.15, 0.2) is 23.1 Å². The molecular formula is C11H12FNO3S. The summed E-state index contributed by atoms with van der Waals surface area (Å²) in [7, 11) is -2.40. The summed E-state index contributed by atoms with van der Waals surface area (Å²) >= 11 is 0. The molecule has 0 unspecified atom stereocenters. The molecule has 92 valence electrons. The van der Waals surface area contributed by atoms with Crippen LogP contribution in [-0.2, 0) is 10.0 Å². The molecular weight excluding hydrogens is 245 g/mol. The van der Waals surface area contributed by atoms with Crippen molar-refractivity contribution in [2.24, 2.45) is 0 Å². The Morgan fingerprint density at radius 3 is 2.76 bits per heavy atom. The predicted molar refractivity (Wildman–Crippen MR) is 61.2 cm³/mol. The number of hydrogen-bond donors (Lipinski definition) is 2. The van der Waals surface area contributed by atoms with Crippen LogP contribution in [0.25, 0.3) is 0 Å². The number of aliphatic hydroxyl groups excluding tert-OH is 1. The van der Waals surface area contributed by atoms with Gasteiger partial charge in [0, 0.05) is 12.0 Å². The predicted octanol–water partition coefficient (Wildman–Crippen LogP) is 0.468. The topological polar surface area (TPSA) is 66.4 Å². The van der Waals surface area contributed by atoms with Crippen LogP contribution in [-0.4, -0.2) is 27.2 Å². The first kappa shape index (κ1) is 13.6. The van der Waals surface area contributed by atoms with E-state index in [1.165, 1.54) is 7.05 Å². The minimum Gasteiger partial charge on any atom is -0.395 e. The van der Waals surface area contributed by atoms with Gasteiger partial charge in [0.2, 0.25) is 10.0 Å². The SMILES string of the molecule is CNS(=O)(=O)c1ccc(F)cc1C#CCCO. The van der Waals surface area contributed by atoms with Gasteiger partial charge in [0.1, 0.15) is 5.82 Å². The van der Waals surface area contributed by atoms with E-state index in [1.807, 2.05) is 0 Å². The van der Waals surface area contributed by atoms with Gasteiger partial charge < -0.3 is 5.11 Å². The largest absolute Gasteiger partial charge is 0.395 e. The zero-order valence-electron chi connectivity index (χ0n) is 9.20. The van der Waals surface area contributed by atoms with E-state index in [9.17, 15) is 12.8 Å². The lowest BCUT2D eigenvalue weighted by atomic mass is 10.2. The van der Waals surface area contributed by atoms with Gasteiger partial charge in [-0.3, -0.25) is 0 Å². The Labute approximate surface area is 99.5 Å². The fraction of sp³-hybridized carbons (Fsp3) is 0.273. The Morgan fingerprint density at radius 1 is 1.47 bits per heavy atom. The van der Waals surface area contributed by atoms with Gasteiger partial charge in [-0.1, -0.05) is 11.8 Å². The third-order valence-corrected chi connectivity index (χ3v) is 3.43. The van der Waals surface area contributed by atoms with Crippen LogP contribution in [0, 0.1) is 17.7 Å². The Balaban J connectivity index is 3.29. The third kappa shape index (κ3) is 3.53. The molecule has 0 radical (unpaired) electrons. The lowest BCUT2D eigenvalue weighted by Crippen LogP contribution is -2.19. The van der Waals surface area contributed by atoms with E-state index in [1.54, 1.807) is 0 Å². The van der Waals surface area contributed by atoms with E-state index < -0.39 is 15.8 Å². The number of halogens is 1. The zero-order chi connectivity index (χ0) is 12.9. The number of nitrogens with one attached hydrogen (secondary N) is 1. The normalized spacial score (nSPS) is 10.8. The number of aliphatic hydroxyl groups is 1. The number of hydrogen-bond acceptors (Lipinski definition) is 3. The van der Waals surface area contributed by atoms with Gasteiger partial charge in [0.15, 0.2) is 0 Å². The fourth-order valence-electron chi connectivity index (χ4n) is 1.16. The molecule has 0 aliphatic heterocycles. The molecule has 0 fully saturated rings. The number of sulfonamides is 1. The minimum absolute atomic E-state index is 0.0767. The average Bonchev–Trinajstić information content (AvgIpc) is 2.29. The van der Waals surface area contributed by atoms with Crippen LogP contribution in [0.1, 0.15) is 12.0 Å². The zero-order valence-corrected chi connectivity index (χ0v) is 10.0. The fourth-order valence-corrected chi connectivity index (χ4v) is 2.02. The molecule has 0 bridgehead atoms. The maximum absolute atomic E-state index is 13.0. The summed E-state index contributed by atoms with van der Waals surface area (Å²) in [5.41, 5.74) is 0.0767. The molecule has 0 atom stereocenters. The minimum atomic E-state index is -3.66. The van der Waals surface area contributed by atoms with Crippen LogP contribution in [0.2, 0.25) is 0 Å². The smallest absolute Gasteiger partial charge is 0.241 e. The van der Waals surface area contributed by atoms with Gasteiger partial charge in [-0.2, -0.15) is 0 Å². The monoisotopic (exact) mass is 257 g/mol. The van der Waals surface area contributed by atoms with Crippen LogP contribution < -0.4 is 4.72 Å². The molecule has 0 saturated carbocycles. The first-order chi connectivity index (χ1) is 8.01. The number of benzene rings is 1. The maximum Gasteiger partial charge on any atom is 0.241 e. The second-order valence-corrected chi connectivity index (χ2v) is 4.98. The van der Waals surface area contributed by atoms with E-state index in [0.29, 0.717) is 0 Å². The third-order valence-electron chi connectivity index (χ3n) is 1.96. The molecule has 0 spiro atoms. The summed E-state index contributed by atoms with van der Waals surface area (Å²) in [6, 6.07) is 3.26. The lowest BCUT2D eigenvalue weighted by Gasteiger charge is -2.04. The molecule has 0 aliphatic rings. The molecule has 6 heteroatoms. The highest BCUT2D eigenvalue weighted by Gasteiger charge is 2.15. The highest BCUT2D eigenvalue weighted by molar-refractivity contribution is 7.89. The van der Waals surface area contributed by atoms with Crippen molar-refractivity contribution in [3.05, 3.63) is 29.6 Å². The van der Waals surface area contributed by atoms with E-state index in [4.69, 9.17) is 5.11 Å². The van der Waals surface area contributed by atoms with Crippen molar-refractivity contribution in [2.75, 3.05) is 13.7 Å². The summed E-state index contributed by atoms with van der Waals surface area (Å²) in [6.07, 6.45) is 0.204. The van der Waals surface area contributed by atoms with Crippen LogP contribution >= 0.6 is 0 Å².